The van der Waals surface area contributed by atoms with E-state index >= 15 is 0 Å². The Morgan fingerprint density at radius 1 is 1.12 bits per heavy atom. The van der Waals surface area contributed by atoms with Crippen LogP contribution in [0.2, 0.25) is 0 Å². The van der Waals surface area contributed by atoms with Crippen molar-refractivity contribution in [2.45, 2.75) is 32.9 Å². The molecule has 1 aromatic carbocycles. The van der Waals surface area contributed by atoms with Gasteiger partial charge in [0.1, 0.15) is 5.82 Å². The summed E-state index contributed by atoms with van der Waals surface area (Å²) in [6.07, 6.45) is 2.43. The molecule has 1 aromatic heterocycles. The number of amides is 2. The van der Waals surface area contributed by atoms with Crippen LogP contribution in [0.5, 0.6) is 0 Å². The highest BCUT2D eigenvalue weighted by Crippen LogP contribution is 2.30. The predicted octanol–water partition coefficient (Wildman–Crippen LogP) is 2.90. The van der Waals surface area contributed by atoms with E-state index in [9.17, 15) is 4.79 Å². The van der Waals surface area contributed by atoms with Gasteiger partial charge in [-0.15, -0.1) is 6.58 Å². The smallest absolute Gasteiger partial charge is 0.317 e. The molecule has 8 nitrogen and oxygen atoms in total. The van der Waals surface area contributed by atoms with Crippen LogP contribution < -0.4 is 20.0 Å². The van der Waals surface area contributed by atoms with Crippen molar-refractivity contribution in [3.63, 3.8) is 0 Å². The van der Waals surface area contributed by atoms with Crippen LogP contribution >= 0.6 is 0 Å². The summed E-state index contributed by atoms with van der Waals surface area (Å²) in [5.74, 6) is 1.73. The number of anilines is 3. The Hall–Kier alpha value is -3.29. The molecule has 1 fully saturated rings. The van der Waals surface area contributed by atoms with Crippen molar-refractivity contribution in [1.29, 1.82) is 0 Å². The second-order valence-corrected chi connectivity index (χ2v) is 8.93. The molecule has 3 heterocycles. The standard InChI is InChI=1S/C25H35N7O/c1-5-12-26-25(33)32-13-11-22-21(18-32)23(29(4)19(2)3)28-24(27-22)31-16-14-30(15-17-31)20-9-7-6-8-10-20/h5-10,19H,1,11-18H2,2-4H3,(H,26,33). The molecule has 8 heteroatoms. The van der Waals surface area contributed by atoms with Crippen LogP contribution in [-0.2, 0) is 13.0 Å². The Morgan fingerprint density at radius 3 is 2.48 bits per heavy atom. The normalized spacial score (nSPS) is 15.9. The van der Waals surface area contributed by atoms with Gasteiger partial charge in [-0.05, 0) is 26.0 Å². The van der Waals surface area contributed by atoms with E-state index in [-0.39, 0.29) is 12.1 Å². The number of benzene rings is 1. The number of rotatable bonds is 6. The molecule has 33 heavy (non-hydrogen) atoms. The number of urea groups is 1. The maximum Gasteiger partial charge on any atom is 0.317 e. The van der Waals surface area contributed by atoms with Gasteiger partial charge in [0.25, 0.3) is 0 Å². The van der Waals surface area contributed by atoms with Crippen LogP contribution in [0, 0.1) is 0 Å². The molecule has 2 aliphatic heterocycles. The molecule has 0 unspecified atom stereocenters. The second kappa shape index (κ2) is 10.1. The lowest BCUT2D eigenvalue weighted by Crippen LogP contribution is -2.48. The average molecular weight is 450 g/mol. The van der Waals surface area contributed by atoms with E-state index in [2.05, 4.69) is 77.8 Å². The van der Waals surface area contributed by atoms with Crippen LogP contribution in [0.25, 0.3) is 0 Å². The number of para-hydroxylation sites is 1. The summed E-state index contributed by atoms with van der Waals surface area (Å²) >= 11 is 0. The summed E-state index contributed by atoms with van der Waals surface area (Å²) in [7, 11) is 2.07. The van der Waals surface area contributed by atoms with E-state index in [1.807, 2.05) is 4.90 Å². The van der Waals surface area contributed by atoms with Crippen LogP contribution in [0.15, 0.2) is 43.0 Å². The maximum atomic E-state index is 12.5. The fourth-order valence-electron chi connectivity index (χ4n) is 4.31. The SMILES string of the molecule is C=CCNC(=O)N1CCc2nc(N3CCN(c4ccccc4)CC3)nc(N(C)C(C)C)c2C1. The van der Waals surface area contributed by atoms with Gasteiger partial charge in [0.2, 0.25) is 5.95 Å². The molecule has 2 aliphatic rings. The first-order valence-corrected chi connectivity index (χ1v) is 11.8. The number of carbonyl (C=O) groups is 1. The van der Waals surface area contributed by atoms with Crippen molar-refractivity contribution in [1.82, 2.24) is 20.2 Å². The third kappa shape index (κ3) is 5.05. The summed E-state index contributed by atoms with van der Waals surface area (Å²) in [6.45, 7) is 13.3. The third-order valence-electron chi connectivity index (χ3n) is 6.50. The second-order valence-electron chi connectivity index (χ2n) is 8.93. The van der Waals surface area contributed by atoms with E-state index < -0.39 is 0 Å². The largest absolute Gasteiger partial charge is 0.368 e. The van der Waals surface area contributed by atoms with Crippen molar-refractivity contribution < 1.29 is 4.79 Å². The zero-order valence-electron chi connectivity index (χ0n) is 20.0. The van der Waals surface area contributed by atoms with Crippen LogP contribution in [0.3, 0.4) is 0 Å². The van der Waals surface area contributed by atoms with Crippen molar-refractivity contribution in [2.75, 3.05) is 61.0 Å². The number of hydrogen-bond acceptors (Lipinski definition) is 6. The molecule has 176 valence electrons. The zero-order chi connectivity index (χ0) is 23.4. The summed E-state index contributed by atoms with van der Waals surface area (Å²) in [4.78, 5) is 31.3. The molecule has 0 atom stereocenters. The number of piperazine rings is 1. The lowest BCUT2D eigenvalue weighted by atomic mass is 10.1. The molecule has 2 amide bonds. The van der Waals surface area contributed by atoms with Crippen molar-refractivity contribution in [2.24, 2.45) is 0 Å². The maximum absolute atomic E-state index is 12.5. The Labute approximate surface area is 196 Å². The predicted molar refractivity (Wildman–Crippen MR) is 134 cm³/mol. The summed E-state index contributed by atoms with van der Waals surface area (Å²) < 4.78 is 0. The number of nitrogens with zero attached hydrogens (tertiary/aromatic N) is 6. The Morgan fingerprint density at radius 2 is 1.82 bits per heavy atom. The van der Waals surface area contributed by atoms with E-state index in [4.69, 9.17) is 9.97 Å². The molecule has 2 aromatic rings. The summed E-state index contributed by atoms with van der Waals surface area (Å²) in [5.41, 5.74) is 3.37. The number of carbonyl (C=O) groups excluding carboxylic acids is 1. The molecule has 0 aliphatic carbocycles. The first kappa shape index (κ1) is 22.9. The first-order chi connectivity index (χ1) is 16.0. The summed E-state index contributed by atoms with van der Waals surface area (Å²) in [5, 5.41) is 2.89. The van der Waals surface area contributed by atoms with Crippen molar-refractivity contribution in [3.8, 4) is 0 Å². The lowest BCUT2D eigenvalue weighted by molar-refractivity contribution is 0.193. The van der Waals surface area contributed by atoms with Gasteiger partial charge in [0.15, 0.2) is 0 Å². The Balaban J connectivity index is 1.55. The molecule has 0 saturated carbocycles. The minimum Gasteiger partial charge on any atom is -0.368 e. The molecule has 1 N–H and O–H groups in total. The first-order valence-electron chi connectivity index (χ1n) is 11.8. The molecule has 0 spiro atoms. The van der Waals surface area contributed by atoms with Gasteiger partial charge in [0, 0.05) is 70.0 Å². The Bertz CT molecular complexity index is 970. The van der Waals surface area contributed by atoms with Gasteiger partial charge in [-0.3, -0.25) is 0 Å². The van der Waals surface area contributed by atoms with Gasteiger partial charge < -0.3 is 24.9 Å². The minimum absolute atomic E-state index is 0.0696. The third-order valence-corrected chi connectivity index (χ3v) is 6.50. The Kier molecular flexibility index (Phi) is 7.01. The minimum atomic E-state index is -0.0696. The van der Waals surface area contributed by atoms with Crippen LogP contribution in [0.1, 0.15) is 25.1 Å². The van der Waals surface area contributed by atoms with Gasteiger partial charge in [0.05, 0.1) is 12.2 Å². The van der Waals surface area contributed by atoms with E-state index in [1.54, 1.807) is 6.08 Å². The highest BCUT2D eigenvalue weighted by molar-refractivity contribution is 5.75. The molecule has 0 bridgehead atoms. The van der Waals surface area contributed by atoms with E-state index in [0.29, 0.717) is 19.6 Å². The van der Waals surface area contributed by atoms with Crippen LogP contribution in [-0.4, -0.2) is 73.3 Å². The number of nitrogens with one attached hydrogen (secondary N) is 1. The van der Waals surface area contributed by atoms with Crippen molar-refractivity contribution >= 4 is 23.5 Å². The monoisotopic (exact) mass is 449 g/mol. The molecule has 4 rings (SSSR count). The van der Waals surface area contributed by atoms with Crippen LogP contribution in [0.4, 0.5) is 22.2 Å². The number of fused-ring (bicyclic) bond motifs is 1. The lowest BCUT2D eigenvalue weighted by Gasteiger charge is -2.38. The highest BCUT2D eigenvalue weighted by atomic mass is 16.2. The fourth-order valence-corrected chi connectivity index (χ4v) is 4.31. The molecule has 1 saturated heterocycles. The van der Waals surface area contributed by atoms with Gasteiger partial charge in [-0.25, -0.2) is 9.78 Å². The summed E-state index contributed by atoms with van der Waals surface area (Å²) in [6, 6.07) is 10.8. The molecular formula is C25H35N7O. The zero-order valence-corrected chi connectivity index (χ0v) is 20.0. The average Bonchev–Trinajstić information content (AvgIpc) is 2.86. The van der Waals surface area contributed by atoms with Gasteiger partial charge in [-0.1, -0.05) is 24.3 Å². The van der Waals surface area contributed by atoms with Crippen molar-refractivity contribution in [3.05, 3.63) is 54.2 Å². The fraction of sp³-hybridized carbons (Fsp3) is 0.480. The van der Waals surface area contributed by atoms with E-state index in [0.717, 1.165) is 55.6 Å². The van der Waals surface area contributed by atoms with E-state index in [1.165, 1.54) is 5.69 Å². The topological polar surface area (TPSA) is 67.8 Å². The highest BCUT2D eigenvalue weighted by Gasteiger charge is 2.29. The quantitative estimate of drug-likeness (QED) is 0.684. The number of aromatic nitrogens is 2. The molecular weight excluding hydrogens is 414 g/mol. The number of hydrogen-bond donors (Lipinski definition) is 1. The van der Waals surface area contributed by atoms with Gasteiger partial charge in [-0.2, -0.15) is 4.98 Å². The molecule has 0 radical (unpaired) electrons. The van der Waals surface area contributed by atoms with Gasteiger partial charge >= 0.3 is 6.03 Å².